The molecule has 1 aromatic carbocycles. The number of rotatable bonds is 4. The second-order valence-electron chi connectivity index (χ2n) is 6.70. The van der Waals surface area contributed by atoms with Crippen LogP contribution in [0.15, 0.2) is 36.9 Å². The minimum absolute atomic E-state index is 0.174. The summed E-state index contributed by atoms with van der Waals surface area (Å²) in [5, 5.41) is 4.89. The van der Waals surface area contributed by atoms with Gasteiger partial charge in [0.2, 0.25) is 5.91 Å². The number of nitrogens with one attached hydrogen (secondary N) is 1. The lowest BCUT2D eigenvalue weighted by molar-refractivity contribution is -0.111. The van der Waals surface area contributed by atoms with E-state index in [1.54, 1.807) is 22.7 Å². The van der Waals surface area contributed by atoms with E-state index in [-0.39, 0.29) is 5.91 Å². The summed E-state index contributed by atoms with van der Waals surface area (Å²) in [5.41, 5.74) is 3.45. The first kappa shape index (κ1) is 20.7. The van der Waals surface area contributed by atoms with Crippen molar-refractivity contribution in [3.63, 3.8) is 0 Å². The molecule has 3 heterocycles. The molecule has 0 saturated carbocycles. The Kier molecular flexibility index (Phi) is 6.65. The average molecular weight is 414 g/mol. The van der Waals surface area contributed by atoms with Crippen LogP contribution in [0.5, 0.6) is 0 Å². The van der Waals surface area contributed by atoms with Gasteiger partial charge in [-0.1, -0.05) is 32.6 Å². The Balaban J connectivity index is 0.00000109. The smallest absolute Gasteiger partial charge is 0.248 e. The number of hydrogen-bond acceptors (Lipinski definition) is 5. The Labute approximate surface area is 174 Å². The second-order valence-corrected chi connectivity index (χ2v) is 8.84. The van der Waals surface area contributed by atoms with Gasteiger partial charge in [-0.2, -0.15) is 0 Å². The van der Waals surface area contributed by atoms with Gasteiger partial charge >= 0.3 is 0 Å². The Bertz CT molecular complexity index is 954. The first-order chi connectivity index (χ1) is 13.6. The van der Waals surface area contributed by atoms with E-state index in [1.165, 1.54) is 21.2 Å². The molecule has 0 spiro atoms. The highest BCUT2D eigenvalue weighted by Gasteiger charge is 2.28. The van der Waals surface area contributed by atoms with E-state index in [4.69, 9.17) is 4.98 Å². The molecule has 0 bridgehead atoms. The standard InChI is InChI=1S/C20H21N3OS2.C2H6/c1-4-17(24)22-20-18(19-21-14-7-5-6-8-15(14)25-19)13-9-10-23(12(2)3)11-16(13)26-20;1-2/h4-8,12H,1,9-11H2,2-3H3,(H,22,24);1-2H3. The van der Waals surface area contributed by atoms with Gasteiger partial charge in [-0.15, -0.1) is 22.7 Å². The molecule has 0 fully saturated rings. The summed E-state index contributed by atoms with van der Waals surface area (Å²) in [6.45, 7) is 14.0. The normalized spacial score (nSPS) is 13.8. The molecule has 4 nitrogen and oxygen atoms in total. The Morgan fingerprint density at radius 1 is 1.29 bits per heavy atom. The maximum absolute atomic E-state index is 12.0. The molecule has 28 heavy (non-hydrogen) atoms. The van der Waals surface area contributed by atoms with Gasteiger partial charge in [0, 0.05) is 29.6 Å². The van der Waals surface area contributed by atoms with E-state index < -0.39 is 0 Å². The van der Waals surface area contributed by atoms with Gasteiger partial charge in [-0.25, -0.2) is 4.98 Å². The molecule has 0 radical (unpaired) electrons. The van der Waals surface area contributed by atoms with Gasteiger partial charge in [0.1, 0.15) is 10.0 Å². The van der Waals surface area contributed by atoms with Crippen LogP contribution >= 0.6 is 22.7 Å². The van der Waals surface area contributed by atoms with Crippen LogP contribution in [0.2, 0.25) is 0 Å². The first-order valence-electron chi connectivity index (χ1n) is 9.74. The monoisotopic (exact) mass is 413 g/mol. The van der Waals surface area contributed by atoms with Crippen LogP contribution in [-0.4, -0.2) is 28.4 Å². The van der Waals surface area contributed by atoms with E-state index in [0.29, 0.717) is 6.04 Å². The molecule has 0 aliphatic carbocycles. The highest BCUT2D eigenvalue weighted by Crippen LogP contribution is 2.45. The maximum atomic E-state index is 12.0. The Morgan fingerprint density at radius 2 is 2.04 bits per heavy atom. The quantitative estimate of drug-likeness (QED) is 0.538. The SMILES string of the molecule is C=CC(=O)Nc1sc2c(c1-c1nc3ccccc3s1)CCN(C(C)C)C2.CC. The van der Waals surface area contributed by atoms with Gasteiger partial charge in [-0.05, 0) is 44.0 Å². The van der Waals surface area contributed by atoms with E-state index >= 15 is 0 Å². The highest BCUT2D eigenvalue weighted by atomic mass is 32.1. The van der Waals surface area contributed by atoms with Gasteiger partial charge in [0.15, 0.2) is 0 Å². The lowest BCUT2D eigenvalue weighted by Gasteiger charge is -2.30. The molecule has 4 rings (SSSR count). The molecule has 1 aliphatic rings. The molecule has 1 aliphatic heterocycles. The summed E-state index contributed by atoms with van der Waals surface area (Å²) in [7, 11) is 0. The van der Waals surface area contributed by atoms with E-state index in [1.807, 2.05) is 32.0 Å². The Hall–Kier alpha value is -2.02. The molecule has 0 saturated heterocycles. The molecule has 2 aromatic heterocycles. The number of benzene rings is 1. The van der Waals surface area contributed by atoms with Crippen molar-refractivity contribution in [1.82, 2.24) is 9.88 Å². The number of nitrogens with zero attached hydrogens (tertiary/aromatic N) is 2. The van der Waals surface area contributed by atoms with E-state index in [0.717, 1.165) is 40.6 Å². The molecule has 1 amide bonds. The van der Waals surface area contributed by atoms with E-state index in [2.05, 4.69) is 36.7 Å². The van der Waals surface area contributed by atoms with Gasteiger partial charge in [0.25, 0.3) is 0 Å². The number of amides is 1. The number of thiophene rings is 1. The fourth-order valence-electron chi connectivity index (χ4n) is 3.32. The predicted molar refractivity (Wildman–Crippen MR) is 122 cm³/mol. The molecule has 0 atom stereocenters. The largest absolute Gasteiger partial charge is 0.314 e. The van der Waals surface area contributed by atoms with Crippen LogP contribution in [0.3, 0.4) is 0 Å². The summed E-state index contributed by atoms with van der Waals surface area (Å²) in [5.74, 6) is -0.174. The highest BCUT2D eigenvalue weighted by molar-refractivity contribution is 7.22. The fourth-order valence-corrected chi connectivity index (χ4v) is 5.71. The summed E-state index contributed by atoms with van der Waals surface area (Å²) in [6.07, 6.45) is 2.31. The number of thiazole rings is 1. The average Bonchev–Trinajstić information content (AvgIpc) is 3.28. The van der Waals surface area contributed by atoms with Crippen molar-refractivity contribution in [2.24, 2.45) is 0 Å². The van der Waals surface area contributed by atoms with Crippen LogP contribution in [0.4, 0.5) is 5.00 Å². The topological polar surface area (TPSA) is 45.2 Å². The minimum atomic E-state index is -0.174. The molecular weight excluding hydrogens is 386 g/mol. The fraction of sp³-hybridized carbons (Fsp3) is 0.364. The summed E-state index contributed by atoms with van der Waals surface area (Å²) in [4.78, 5) is 20.6. The maximum Gasteiger partial charge on any atom is 0.248 e. The lowest BCUT2D eigenvalue weighted by atomic mass is 10.0. The third-order valence-electron chi connectivity index (χ3n) is 4.75. The number of aromatic nitrogens is 1. The molecular formula is C22H27N3OS2. The second kappa shape index (κ2) is 8.99. The van der Waals surface area contributed by atoms with Crippen LogP contribution in [0.25, 0.3) is 20.8 Å². The lowest BCUT2D eigenvalue weighted by Crippen LogP contribution is -2.35. The minimum Gasteiger partial charge on any atom is -0.314 e. The van der Waals surface area contributed by atoms with Crippen LogP contribution in [0, 0.1) is 0 Å². The van der Waals surface area contributed by atoms with Gasteiger partial charge < -0.3 is 5.32 Å². The predicted octanol–water partition coefficient (Wildman–Crippen LogP) is 5.94. The van der Waals surface area contributed by atoms with Crippen LogP contribution < -0.4 is 5.32 Å². The summed E-state index contributed by atoms with van der Waals surface area (Å²) >= 11 is 3.37. The molecule has 3 aromatic rings. The van der Waals surface area contributed by atoms with Crippen LogP contribution in [0.1, 0.15) is 38.1 Å². The van der Waals surface area contributed by atoms with E-state index in [9.17, 15) is 4.79 Å². The zero-order chi connectivity index (χ0) is 20.3. The van der Waals surface area contributed by atoms with Crippen molar-refractivity contribution in [3.05, 3.63) is 47.4 Å². The van der Waals surface area contributed by atoms with Crippen molar-refractivity contribution in [2.75, 3.05) is 11.9 Å². The first-order valence-corrected chi connectivity index (χ1v) is 11.4. The van der Waals surface area contributed by atoms with Gasteiger partial charge in [-0.3, -0.25) is 9.69 Å². The number of carbonyl (C=O) groups is 1. The van der Waals surface area contributed by atoms with Crippen molar-refractivity contribution in [2.45, 2.75) is 46.7 Å². The van der Waals surface area contributed by atoms with Crippen molar-refractivity contribution >= 4 is 43.8 Å². The third-order valence-corrected chi connectivity index (χ3v) is 6.93. The Morgan fingerprint density at radius 3 is 2.71 bits per heavy atom. The number of para-hydroxylation sites is 1. The van der Waals surface area contributed by atoms with Crippen LogP contribution in [-0.2, 0) is 17.8 Å². The summed E-state index contributed by atoms with van der Waals surface area (Å²) < 4.78 is 1.17. The molecule has 0 unspecified atom stereocenters. The van der Waals surface area contributed by atoms with Crippen molar-refractivity contribution in [1.29, 1.82) is 0 Å². The summed E-state index contributed by atoms with van der Waals surface area (Å²) in [6, 6.07) is 8.70. The number of fused-ring (bicyclic) bond motifs is 2. The zero-order valence-corrected chi connectivity index (χ0v) is 18.5. The molecule has 6 heteroatoms. The van der Waals surface area contributed by atoms with Gasteiger partial charge in [0.05, 0.1) is 10.2 Å². The number of anilines is 1. The third kappa shape index (κ3) is 4.04. The van der Waals surface area contributed by atoms with Crippen molar-refractivity contribution in [3.8, 4) is 10.6 Å². The zero-order valence-electron chi connectivity index (χ0n) is 16.9. The molecule has 1 N–H and O–H groups in total. The molecule has 148 valence electrons. The van der Waals surface area contributed by atoms with Crippen molar-refractivity contribution < 1.29 is 4.79 Å². The number of hydrogen-bond donors (Lipinski definition) is 1. The number of carbonyl (C=O) groups excluding carboxylic acids is 1.